The Bertz CT molecular complexity index is 652. The van der Waals surface area contributed by atoms with E-state index in [1.807, 2.05) is 12.1 Å². The zero-order chi connectivity index (χ0) is 14.8. The first-order valence-corrected chi connectivity index (χ1v) is 8.12. The van der Waals surface area contributed by atoms with Crippen LogP contribution in [0.1, 0.15) is 28.7 Å². The summed E-state index contributed by atoms with van der Waals surface area (Å²) in [7, 11) is 0. The van der Waals surface area contributed by atoms with Gasteiger partial charge in [-0.15, -0.1) is 0 Å². The minimum atomic E-state index is 0.630. The van der Waals surface area contributed by atoms with Gasteiger partial charge in [-0.2, -0.15) is 0 Å². The van der Waals surface area contributed by atoms with E-state index in [4.69, 9.17) is 23.2 Å². The van der Waals surface area contributed by atoms with Crippen LogP contribution < -0.4 is 0 Å². The topological polar surface area (TPSA) is 3.24 Å². The van der Waals surface area contributed by atoms with E-state index in [-0.39, 0.29) is 0 Å². The Labute approximate surface area is 136 Å². The van der Waals surface area contributed by atoms with Gasteiger partial charge >= 0.3 is 0 Å². The summed E-state index contributed by atoms with van der Waals surface area (Å²) in [5, 5.41) is 1.28. The van der Waals surface area contributed by atoms with E-state index < -0.39 is 0 Å². The van der Waals surface area contributed by atoms with Crippen LogP contribution in [0.4, 0.5) is 0 Å². The third-order valence-corrected chi connectivity index (χ3v) is 4.81. The standard InChI is InChI=1S/C18H19Cl2N/c1-13-4-6-15-11-21(12-16(15)9-13)8-2-3-14-5-7-17(19)18(20)10-14/h4-7,9-10H,2-3,8,11-12H2,1H3. The molecule has 3 heteroatoms. The van der Waals surface area contributed by atoms with Crippen LogP contribution in [0.5, 0.6) is 0 Å². The number of hydrogen-bond acceptors (Lipinski definition) is 1. The first-order valence-electron chi connectivity index (χ1n) is 7.36. The zero-order valence-corrected chi connectivity index (χ0v) is 13.7. The monoisotopic (exact) mass is 319 g/mol. The van der Waals surface area contributed by atoms with Crippen molar-refractivity contribution in [2.75, 3.05) is 6.54 Å². The molecule has 0 saturated heterocycles. The summed E-state index contributed by atoms with van der Waals surface area (Å²) in [5.41, 5.74) is 5.59. The molecule has 0 bridgehead atoms. The normalized spacial score (nSPS) is 14.4. The molecule has 0 atom stereocenters. The quantitative estimate of drug-likeness (QED) is 0.743. The molecule has 0 unspecified atom stereocenters. The molecule has 0 saturated carbocycles. The van der Waals surface area contributed by atoms with Gasteiger partial charge in [0.1, 0.15) is 0 Å². The Balaban J connectivity index is 1.52. The fourth-order valence-electron chi connectivity index (χ4n) is 2.95. The highest BCUT2D eigenvalue weighted by Crippen LogP contribution is 2.25. The molecule has 3 rings (SSSR count). The predicted molar refractivity (Wildman–Crippen MR) is 90.1 cm³/mol. The number of rotatable bonds is 4. The van der Waals surface area contributed by atoms with Gasteiger partial charge < -0.3 is 0 Å². The van der Waals surface area contributed by atoms with E-state index in [1.165, 1.54) is 22.3 Å². The van der Waals surface area contributed by atoms with Gasteiger partial charge in [-0.3, -0.25) is 4.90 Å². The van der Waals surface area contributed by atoms with Crippen molar-refractivity contribution in [2.45, 2.75) is 32.9 Å². The highest BCUT2D eigenvalue weighted by atomic mass is 35.5. The molecule has 1 nitrogen and oxygen atoms in total. The van der Waals surface area contributed by atoms with Crippen LogP contribution >= 0.6 is 23.2 Å². The number of hydrogen-bond donors (Lipinski definition) is 0. The summed E-state index contributed by atoms with van der Waals surface area (Å²) in [6, 6.07) is 12.7. The Hall–Kier alpha value is -1.02. The molecule has 2 aromatic carbocycles. The van der Waals surface area contributed by atoms with Crippen molar-refractivity contribution in [1.29, 1.82) is 0 Å². The summed E-state index contributed by atoms with van der Waals surface area (Å²) >= 11 is 12.0. The number of halogens is 2. The van der Waals surface area contributed by atoms with Gasteiger partial charge in [0.2, 0.25) is 0 Å². The highest BCUT2D eigenvalue weighted by Gasteiger charge is 2.17. The Morgan fingerprint density at radius 1 is 0.952 bits per heavy atom. The van der Waals surface area contributed by atoms with Crippen LogP contribution in [0.2, 0.25) is 10.0 Å². The fourth-order valence-corrected chi connectivity index (χ4v) is 3.27. The average molecular weight is 320 g/mol. The summed E-state index contributed by atoms with van der Waals surface area (Å²) in [6.45, 7) is 5.44. The van der Waals surface area contributed by atoms with Crippen molar-refractivity contribution in [2.24, 2.45) is 0 Å². The second kappa shape index (κ2) is 6.39. The lowest BCUT2D eigenvalue weighted by atomic mass is 10.1. The second-order valence-electron chi connectivity index (χ2n) is 5.83. The van der Waals surface area contributed by atoms with E-state index in [0.29, 0.717) is 10.0 Å². The van der Waals surface area contributed by atoms with Gasteiger partial charge in [-0.25, -0.2) is 0 Å². The van der Waals surface area contributed by atoms with Gasteiger partial charge in [-0.05, 0) is 55.1 Å². The van der Waals surface area contributed by atoms with Crippen LogP contribution in [-0.4, -0.2) is 11.4 Å². The van der Waals surface area contributed by atoms with Gasteiger partial charge in [-0.1, -0.05) is 53.0 Å². The fraction of sp³-hybridized carbons (Fsp3) is 0.333. The molecule has 0 spiro atoms. The van der Waals surface area contributed by atoms with Crippen molar-refractivity contribution in [1.82, 2.24) is 4.90 Å². The van der Waals surface area contributed by atoms with Crippen LogP contribution in [0.25, 0.3) is 0 Å². The molecule has 0 radical (unpaired) electrons. The molecular weight excluding hydrogens is 301 g/mol. The number of aryl methyl sites for hydroxylation is 2. The second-order valence-corrected chi connectivity index (χ2v) is 6.65. The molecule has 0 fully saturated rings. The Morgan fingerprint density at radius 3 is 2.57 bits per heavy atom. The van der Waals surface area contributed by atoms with Crippen molar-refractivity contribution in [3.8, 4) is 0 Å². The van der Waals surface area contributed by atoms with Crippen LogP contribution in [0.15, 0.2) is 36.4 Å². The van der Waals surface area contributed by atoms with E-state index >= 15 is 0 Å². The van der Waals surface area contributed by atoms with E-state index in [2.05, 4.69) is 36.1 Å². The summed E-state index contributed by atoms with van der Waals surface area (Å²) in [6.07, 6.45) is 2.19. The molecule has 21 heavy (non-hydrogen) atoms. The summed E-state index contributed by atoms with van der Waals surface area (Å²) in [5.74, 6) is 0. The maximum atomic E-state index is 6.05. The SMILES string of the molecule is Cc1ccc2c(c1)CN(CCCc1ccc(Cl)c(Cl)c1)C2. The lowest BCUT2D eigenvalue weighted by Gasteiger charge is -2.14. The predicted octanol–water partition coefficient (Wildman–Crippen LogP) is 5.25. The molecule has 1 heterocycles. The minimum absolute atomic E-state index is 0.630. The largest absolute Gasteiger partial charge is 0.295 e. The van der Waals surface area contributed by atoms with Gasteiger partial charge in [0, 0.05) is 13.1 Å². The molecule has 0 aliphatic carbocycles. The third kappa shape index (κ3) is 3.60. The van der Waals surface area contributed by atoms with Crippen LogP contribution in [0, 0.1) is 6.92 Å². The summed E-state index contributed by atoms with van der Waals surface area (Å²) < 4.78 is 0. The maximum absolute atomic E-state index is 6.05. The number of nitrogens with zero attached hydrogens (tertiary/aromatic N) is 1. The van der Waals surface area contributed by atoms with Crippen molar-refractivity contribution >= 4 is 23.2 Å². The average Bonchev–Trinajstić information content (AvgIpc) is 2.84. The Kier molecular flexibility index (Phi) is 4.54. The smallest absolute Gasteiger partial charge is 0.0595 e. The van der Waals surface area contributed by atoms with E-state index in [0.717, 1.165) is 32.5 Å². The lowest BCUT2D eigenvalue weighted by molar-refractivity contribution is 0.280. The van der Waals surface area contributed by atoms with Gasteiger partial charge in [0.05, 0.1) is 10.0 Å². The first kappa shape index (κ1) is 14.9. The van der Waals surface area contributed by atoms with E-state index in [9.17, 15) is 0 Å². The van der Waals surface area contributed by atoms with Gasteiger partial charge in [0.15, 0.2) is 0 Å². The molecule has 2 aromatic rings. The first-order chi connectivity index (χ1) is 10.1. The molecule has 1 aliphatic heterocycles. The Morgan fingerprint density at radius 2 is 1.76 bits per heavy atom. The molecular formula is C18H19Cl2N. The van der Waals surface area contributed by atoms with E-state index in [1.54, 1.807) is 0 Å². The molecule has 0 amide bonds. The number of benzene rings is 2. The lowest BCUT2D eigenvalue weighted by Crippen LogP contribution is -2.18. The maximum Gasteiger partial charge on any atom is 0.0595 e. The van der Waals surface area contributed by atoms with Gasteiger partial charge in [0.25, 0.3) is 0 Å². The highest BCUT2D eigenvalue weighted by molar-refractivity contribution is 6.42. The zero-order valence-electron chi connectivity index (χ0n) is 12.2. The van der Waals surface area contributed by atoms with Crippen molar-refractivity contribution < 1.29 is 0 Å². The minimum Gasteiger partial charge on any atom is -0.295 e. The van der Waals surface area contributed by atoms with Crippen LogP contribution in [-0.2, 0) is 19.5 Å². The molecule has 0 N–H and O–H groups in total. The summed E-state index contributed by atoms with van der Waals surface area (Å²) in [4.78, 5) is 2.52. The van der Waals surface area contributed by atoms with Crippen LogP contribution in [0.3, 0.4) is 0 Å². The molecule has 1 aliphatic rings. The third-order valence-electron chi connectivity index (χ3n) is 4.07. The molecule has 110 valence electrons. The number of fused-ring (bicyclic) bond motifs is 1. The van der Waals surface area contributed by atoms with Crippen molar-refractivity contribution in [3.63, 3.8) is 0 Å². The molecule has 0 aromatic heterocycles. The van der Waals surface area contributed by atoms with Crippen molar-refractivity contribution in [3.05, 3.63) is 68.7 Å².